The highest BCUT2D eigenvalue weighted by Gasteiger charge is 2.31. The van der Waals surface area contributed by atoms with Crippen LogP contribution in [0.25, 0.3) is 0 Å². The monoisotopic (exact) mass is 415 g/mol. The third-order valence-corrected chi connectivity index (χ3v) is 6.38. The van der Waals surface area contributed by atoms with Crippen LogP contribution in [0.4, 0.5) is 0 Å². The normalized spacial score (nSPS) is 19.7. The molecule has 2 aliphatic heterocycles. The van der Waals surface area contributed by atoms with E-state index >= 15 is 0 Å². The summed E-state index contributed by atoms with van der Waals surface area (Å²) in [5.74, 6) is 1.31. The Morgan fingerprint density at radius 2 is 1.80 bits per heavy atom. The quantitative estimate of drug-likeness (QED) is 0.696. The highest BCUT2D eigenvalue weighted by molar-refractivity contribution is 5.81. The molecule has 1 atom stereocenters. The number of carbonyl (C=O) groups is 2. The van der Waals surface area contributed by atoms with Crippen LogP contribution >= 0.6 is 0 Å². The first kappa shape index (κ1) is 22.6. The molecular formula is C24H37N3O3. The molecule has 1 N–H and O–H groups in total. The fraction of sp³-hybridized carbons (Fsp3) is 0.667. The Hall–Kier alpha value is -2.08. The van der Waals surface area contributed by atoms with Crippen LogP contribution in [0.2, 0.25) is 0 Å². The molecule has 0 bridgehead atoms. The molecule has 3 rings (SSSR count). The maximum absolute atomic E-state index is 12.8. The van der Waals surface area contributed by atoms with Gasteiger partial charge in [-0.15, -0.1) is 0 Å². The summed E-state index contributed by atoms with van der Waals surface area (Å²) in [6.45, 7) is 8.37. The van der Waals surface area contributed by atoms with Crippen LogP contribution in [-0.4, -0.2) is 67.0 Å². The van der Waals surface area contributed by atoms with Gasteiger partial charge in [-0.1, -0.05) is 25.0 Å². The second-order valence-corrected chi connectivity index (χ2v) is 8.68. The van der Waals surface area contributed by atoms with Crippen LogP contribution in [-0.2, 0) is 9.59 Å². The van der Waals surface area contributed by atoms with Crippen LogP contribution in [0.3, 0.4) is 0 Å². The summed E-state index contributed by atoms with van der Waals surface area (Å²) < 4.78 is 5.70. The van der Waals surface area contributed by atoms with Crippen molar-refractivity contribution in [2.75, 3.05) is 39.3 Å². The number of ether oxygens (including phenoxy) is 1. The summed E-state index contributed by atoms with van der Waals surface area (Å²) in [6.07, 6.45) is 6.45. The van der Waals surface area contributed by atoms with E-state index in [4.69, 9.17) is 4.74 Å². The smallest absolute Gasteiger partial charge is 0.237 e. The zero-order chi connectivity index (χ0) is 21.3. The summed E-state index contributed by atoms with van der Waals surface area (Å²) in [4.78, 5) is 29.6. The van der Waals surface area contributed by atoms with Gasteiger partial charge >= 0.3 is 0 Å². The second kappa shape index (κ2) is 11.3. The van der Waals surface area contributed by atoms with E-state index in [2.05, 4.69) is 15.1 Å². The lowest BCUT2D eigenvalue weighted by atomic mass is 9.94. The number of carbonyl (C=O) groups excluding carboxylic acids is 2. The minimum atomic E-state index is -0.182. The average Bonchev–Trinajstić information content (AvgIpc) is 3.05. The van der Waals surface area contributed by atoms with Crippen molar-refractivity contribution in [1.82, 2.24) is 15.1 Å². The number of nitrogens with zero attached hydrogens (tertiary/aromatic N) is 2. The fourth-order valence-corrected chi connectivity index (χ4v) is 4.44. The molecule has 0 saturated carbocycles. The predicted octanol–water partition coefficient (Wildman–Crippen LogP) is 2.99. The molecule has 6 heteroatoms. The first-order valence-electron chi connectivity index (χ1n) is 11.5. The van der Waals surface area contributed by atoms with Gasteiger partial charge in [0.05, 0.1) is 12.6 Å². The SMILES string of the molecule is Cc1cccc(OCCNC(=O)C(C)N2CCC(C(=O)N3CCCCCC3)CC2)c1. The molecular weight excluding hydrogens is 378 g/mol. The van der Waals surface area contributed by atoms with Crippen LogP contribution in [0.1, 0.15) is 51.0 Å². The van der Waals surface area contributed by atoms with Crippen molar-refractivity contribution in [3.8, 4) is 5.75 Å². The molecule has 0 aliphatic carbocycles. The molecule has 0 aromatic heterocycles. The third-order valence-electron chi connectivity index (χ3n) is 6.38. The number of benzene rings is 1. The minimum Gasteiger partial charge on any atom is -0.492 e. The molecule has 2 heterocycles. The van der Waals surface area contributed by atoms with Gasteiger partial charge < -0.3 is 15.0 Å². The number of likely N-dealkylation sites (tertiary alicyclic amines) is 2. The maximum atomic E-state index is 12.8. The molecule has 2 aliphatic rings. The lowest BCUT2D eigenvalue weighted by Crippen LogP contribution is -2.50. The molecule has 6 nitrogen and oxygen atoms in total. The van der Waals surface area contributed by atoms with Gasteiger partial charge in [0.25, 0.3) is 0 Å². The Kier molecular flexibility index (Phi) is 8.55. The maximum Gasteiger partial charge on any atom is 0.237 e. The van der Waals surface area contributed by atoms with Gasteiger partial charge in [0, 0.05) is 19.0 Å². The molecule has 166 valence electrons. The van der Waals surface area contributed by atoms with Crippen molar-refractivity contribution in [1.29, 1.82) is 0 Å². The Morgan fingerprint density at radius 1 is 1.10 bits per heavy atom. The zero-order valence-electron chi connectivity index (χ0n) is 18.6. The van der Waals surface area contributed by atoms with Crippen molar-refractivity contribution in [2.24, 2.45) is 5.92 Å². The molecule has 1 aromatic carbocycles. The zero-order valence-corrected chi connectivity index (χ0v) is 18.6. The molecule has 1 unspecified atom stereocenters. The van der Waals surface area contributed by atoms with Crippen molar-refractivity contribution in [3.05, 3.63) is 29.8 Å². The molecule has 2 fully saturated rings. The summed E-state index contributed by atoms with van der Waals surface area (Å²) in [5, 5.41) is 2.98. The largest absolute Gasteiger partial charge is 0.492 e. The number of piperidine rings is 1. The summed E-state index contributed by atoms with van der Waals surface area (Å²) >= 11 is 0. The Morgan fingerprint density at radius 3 is 2.47 bits per heavy atom. The van der Waals surface area contributed by atoms with Crippen LogP contribution in [0.15, 0.2) is 24.3 Å². The lowest BCUT2D eigenvalue weighted by molar-refractivity contribution is -0.137. The van der Waals surface area contributed by atoms with E-state index in [1.165, 1.54) is 12.8 Å². The van der Waals surface area contributed by atoms with E-state index in [0.717, 1.165) is 63.2 Å². The highest BCUT2D eigenvalue weighted by Crippen LogP contribution is 2.23. The Labute approximate surface area is 180 Å². The van der Waals surface area contributed by atoms with E-state index in [1.54, 1.807) is 0 Å². The number of aryl methyl sites for hydroxylation is 1. The van der Waals surface area contributed by atoms with Gasteiger partial charge in [-0.25, -0.2) is 0 Å². The van der Waals surface area contributed by atoms with Crippen molar-refractivity contribution in [3.63, 3.8) is 0 Å². The predicted molar refractivity (Wildman–Crippen MR) is 118 cm³/mol. The molecule has 1 aromatic rings. The third kappa shape index (κ3) is 6.46. The number of amides is 2. The van der Waals surface area contributed by atoms with Gasteiger partial charge in [0.1, 0.15) is 12.4 Å². The lowest BCUT2D eigenvalue weighted by Gasteiger charge is -2.36. The van der Waals surface area contributed by atoms with Crippen molar-refractivity contribution >= 4 is 11.8 Å². The fourth-order valence-electron chi connectivity index (χ4n) is 4.44. The number of rotatable bonds is 7. The molecule has 2 amide bonds. The second-order valence-electron chi connectivity index (χ2n) is 8.68. The molecule has 2 saturated heterocycles. The molecule has 30 heavy (non-hydrogen) atoms. The first-order valence-corrected chi connectivity index (χ1v) is 11.5. The van der Waals surface area contributed by atoms with E-state index in [-0.39, 0.29) is 17.9 Å². The minimum absolute atomic E-state index is 0.0279. The van der Waals surface area contributed by atoms with Crippen molar-refractivity contribution < 1.29 is 14.3 Å². The van der Waals surface area contributed by atoms with Gasteiger partial charge in [-0.3, -0.25) is 14.5 Å². The van der Waals surface area contributed by atoms with Crippen LogP contribution < -0.4 is 10.1 Å². The number of hydrogen-bond acceptors (Lipinski definition) is 4. The molecule has 0 spiro atoms. The van der Waals surface area contributed by atoms with Gasteiger partial charge in [-0.2, -0.15) is 0 Å². The molecule has 0 radical (unpaired) electrons. The Balaban J connectivity index is 1.36. The van der Waals surface area contributed by atoms with Gasteiger partial charge in [-0.05, 0) is 70.3 Å². The van der Waals surface area contributed by atoms with E-state index < -0.39 is 0 Å². The van der Waals surface area contributed by atoms with Crippen LogP contribution in [0, 0.1) is 12.8 Å². The summed E-state index contributed by atoms with van der Waals surface area (Å²) in [7, 11) is 0. The van der Waals surface area contributed by atoms with Crippen molar-refractivity contribution in [2.45, 2.75) is 58.4 Å². The van der Waals surface area contributed by atoms with E-state index in [9.17, 15) is 9.59 Å². The summed E-state index contributed by atoms with van der Waals surface area (Å²) in [5.41, 5.74) is 1.16. The Bertz CT molecular complexity index is 693. The van der Waals surface area contributed by atoms with Crippen LogP contribution in [0.5, 0.6) is 5.75 Å². The standard InChI is InChI=1S/C24H37N3O3/c1-19-8-7-9-22(18-19)30-17-12-25-23(28)20(2)26-15-10-21(11-16-26)24(29)27-13-5-3-4-6-14-27/h7-9,18,20-21H,3-6,10-17H2,1-2H3,(H,25,28). The van der Waals surface area contributed by atoms with E-state index in [1.807, 2.05) is 38.1 Å². The van der Waals surface area contributed by atoms with E-state index in [0.29, 0.717) is 19.1 Å². The average molecular weight is 416 g/mol. The first-order chi connectivity index (χ1) is 14.5. The van der Waals surface area contributed by atoms with Gasteiger partial charge in [0.15, 0.2) is 0 Å². The van der Waals surface area contributed by atoms with Gasteiger partial charge in [0.2, 0.25) is 11.8 Å². The number of hydrogen-bond donors (Lipinski definition) is 1. The topological polar surface area (TPSA) is 61.9 Å². The summed E-state index contributed by atoms with van der Waals surface area (Å²) in [6, 6.07) is 7.72. The highest BCUT2D eigenvalue weighted by atomic mass is 16.5. The number of nitrogens with one attached hydrogen (secondary N) is 1.